The molecule has 86 valence electrons. The fraction of sp³-hybridized carbons (Fsp3) is 0.308. The summed E-state index contributed by atoms with van der Waals surface area (Å²) in [6.07, 6.45) is 1.61. The van der Waals surface area contributed by atoms with Crippen molar-refractivity contribution in [3.63, 3.8) is 0 Å². The van der Waals surface area contributed by atoms with Gasteiger partial charge in [-0.05, 0) is 32.4 Å². The highest BCUT2D eigenvalue weighted by Crippen LogP contribution is 2.10. The summed E-state index contributed by atoms with van der Waals surface area (Å²) < 4.78 is 5.14. The molecular formula is C13H17NO2. The van der Waals surface area contributed by atoms with Crippen LogP contribution in [-0.4, -0.2) is 11.6 Å². The minimum absolute atomic E-state index is 0.112. The first-order valence-electron chi connectivity index (χ1n) is 5.14. The van der Waals surface area contributed by atoms with Gasteiger partial charge in [-0.15, -0.1) is 0 Å². The molecule has 3 nitrogen and oxygen atoms in total. The third kappa shape index (κ3) is 4.17. The summed E-state index contributed by atoms with van der Waals surface area (Å²) in [7, 11) is 0. The van der Waals surface area contributed by atoms with Gasteiger partial charge < -0.3 is 10.5 Å². The average Bonchev–Trinajstić information content (AvgIpc) is 2.16. The summed E-state index contributed by atoms with van der Waals surface area (Å²) in [6, 6.07) is 9.41. The smallest absolute Gasteiger partial charge is 0.354 e. The summed E-state index contributed by atoms with van der Waals surface area (Å²) >= 11 is 0. The van der Waals surface area contributed by atoms with Crippen LogP contribution in [0.5, 0.6) is 0 Å². The Labute approximate surface area is 95.9 Å². The Morgan fingerprint density at radius 1 is 1.25 bits per heavy atom. The Kier molecular flexibility index (Phi) is 3.72. The van der Waals surface area contributed by atoms with Crippen LogP contribution in [-0.2, 0) is 9.53 Å². The first-order chi connectivity index (χ1) is 7.38. The molecule has 0 saturated carbocycles. The van der Waals surface area contributed by atoms with Crippen molar-refractivity contribution in [2.24, 2.45) is 5.73 Å². The van der Waals surface area contributed by atoms with Crippen LogP contribution in [0.1, 0.15) is 26.3 Å². The van der Waals surface area contributed by atoms with E-state index in [2.05, 4.69) is 0 Å². The molecule has 0 radical (unpaired) electrons. The van der Waals surface area contributed by atoms with E-state index in [0.717, 1.165) is 5.56 Å². The van der Waals surface area contributed by atoms with Gasteiger partial charge in [0.05, 0.1) is 0 Å². The first-order valence-corrected chi connectivity index (χ1v) is 5.14. The summed E-state index contributed by atoms with van der Waals surface area (Å²) in [5.74, 6) is -0.489. The van der Waals surface area contributed by atoms with E-state index in [0.29, 0.717) is 0 Å². The molecule has 0 spiro atoms. The molecule has 1 aromatic carbocycles. The zero-order chi connectivity index (χ0) is 12.2. The minimum Gasteiger partial charge on any atom is -0.455 e. The van der Waals surface area contributed by atoms with E-state index in [1.807, 2.05) is 30.3 Å². The molecule has 16 heavy (non-hydrogen) atoms. The molecule has 0 aliphatic carbocycles. The molecule has 0 amide bonds. The van der Waals surface area contributed by atoms with E-state index < -0.39 is 11.6 Å². The average molecular weight is 219 g/mol. The van der Waals surface area contributed by atoms with Crippen molar-refractivity contribution in [2.45, 2.75) is 26.4 Å². The molecule has 1 aromatic rings. The van der Waals surface area contributed by atoms with Gasteiger partial charge in [0.15, 0.2) is 0 Å². The number of ether oxygens (including phenoxy) is 1. The monoisotopic (exact) mass is 219 g/mol. The van der Waals surface area contributed by atoms with Gasteiger partial charge in [0.1, 0.15) is 11.3 Å². The van der Waals surface area contributed by atoms with Gasteiger partial charge in [-0.3, -0.25) is 0 Å². The SMILES string of the molecule is CC(C)(C)OC(=O)C(N)=Cc1ccccc1. The zero-order valence-electron chi connectivity index (χ0n) is 9.86. The Morgan fingerprint density at radius 2 is 1.81 bits per heavy atom. The highest BCUT2D eigenvalue weighted by Gasteiger charge is 2.17. The summed E-state index contributed by atoms with van der Waals surface area (Å²) in [5, 5.41) is 0. The first kappa shape index (κ1) is 12.3. The van der Waals surface area contributed by atoms with Gasteiger partial charge in [-0.1, -0.05) is 30.3 Å². The van der Waals surface area contributed by atoms with Gasteiger partial charge in [0.25, 0.3) is 0 Å². The van der Waals surface area contributed by atoms with Crippen LogP contribution in [0.3, 0.4) is 0 Å². The van der Waals surface area contributed by atoms with Crippen LogP contribution in [0, 0.1) is 0 Å². The molecule has 0 fully saturated rings. The molecule has 0 unspecified atom stereocenters. The second kappa shape index (κ2) is 4.84. The fourth-order valence-corrected chi connectivity index (χ4v) is 1.12. The Bertz CT molecular complexity index is 388. The number of carbonyl (C=O) groups excluding carboxylic acids is 1. The molecule has 0 aromatic heterocycles. The van der Waals surface area contributed by atoms with Crippen LogP contribution in [0.4, 0.5) is 0 Å². The van der Waals surface area contributed by atoms with E-state index >= 15 is 0 Å². The Morgan fingerprint density at radius 3 is 2.31 bits per heavy atom. The maximum atomic E-state index is 11.5. The van der Waals surface area contributed by atoms with Crippen molar-refractivity contribution >= 4 is 12.0 Å². The lowest BCUT2D eigenvalue weighted by atomic mass is 10.2. The Balaban J connectivity index is 2.75. The summed E-state index contributed by atoms with van der Waals surface area (Å²) in [6.45, 7) is 5.42. The normalized spacial score (nSPS) is 12.3. The maximum absolute atomic E-state index is 11.5. The topological polar surface area (TPSA) is 52.3 Å². The summed E-state index contributed by atoms with van der Waals surface area (Å²) in [4.78, 5) is 11.5. The third-order valence-electron chi connectivity index (χ3n) is 1.76. The number of nitrogens with two attached hydrogens (primary N) is 1. The third-order valence-corrected chi connectivity index (χ3v) is 1.76. The quantitative estimate of drug-likeness (QED) is 0.613. The predicted molar refractivity (Wildman–Crippen MR) is 64.5 cm³/mol. The van der Waals surface area contributed by atoms with Crippen molar-refractivity contribution in [3.05, 3.63) is 41.6 Å². The van der Waals surface area contributed by atoms with Crippen molar-refractivity contribution in [1.29, 1.82) is 0 Å². The number of hydrogen-bond acceptors (Lipinski definition) is 3. The van der Waals surface area contributed by atoms with E-state index in [9.17, 15) is 4.79 Å². The minimum atomic E-state index is -0.522. The van der Waals surface area contributed by atoms with Crippen LogP contribution in [0.2, 0.25) is 0 Å². The van der Waals surface area contributed by atoms with Crippen LogP contribution in [0.25, 0.3) is 6.08 Å². The highest BCUT2D eigenvalue weighted by molar-refractivity contribution is 5.92. The van der Waals surface area contributed by atoms with Gasteiger partial charge in [-0.2, -0.15) is 0 Å². The van der Waals surface area contributed by atoms with E-state index in [1.54, 1.807) is 26.8 Å². The van der Waals surface area contributed by atoms with Crippen LogP contribution in [0.15, 0.2) is 36.0 Å². The van der Waals surface area contributed by atoms with Gasteiger partial charge in [0, 0.05) is 0 Å². The molecule has 2 N–H and O–H groups in total. The molecule has 0 aliphatic heterocycles. The molecular weight excluding hydrogens is 202 g/mol. The van der Waals surface area contributed by atoms with Crippen molar-refractivity contribution in [1.82, 2.24) is 0 Å². The summed E-state index contributed by atoms with van der Waals surface area (Å²) in [5.41, 5.74) is 6.11. The molecule has 0 aliphatic rings. The largest absolute Gasteiger partial charge is 0.455 e. The second-order valence-electron chi connectivity index (χ2n) is 4.51. The van der Waals surface area contributed by atoms with Gasteiger partial charge in [0.2, 0.25) is 0 Å². The Hall–Kier alpha value is -1.77. The number of rotatable bonds is 2. The zero-order valence-corrected chi connectivity index (χ0v) is 9.86. The number of benzene rings is 1. The van der Waals surface area contributed by atoms with E-state index in [1.165, 1.54) is 0 Å². The molecule has 0 atom stereocenters. The van der Waals surface area contributed by atoms with Gasteiger partial charge >= 0.3 is 5.97 Å². The van der Waals surface area contributed by atoms with Crippen molar-refractivity contribution < 1.29 is 9.53 Å². The van der Waals surface area contributed by atoms with Crippen LogP contribution < -0.4 is 5.73 Å². The lowest BCUT2D eigenvalue weighted by Gasteiger charge is -2.19. The fourth-order valence-electron chi connectivity index (χ4n) is 1.12. The van der Waals surface area contributed by atoms with Crippen LogP contribution >= 0.6 is 0 Å². The predicted octanol–water partition coefficient (Wildman–Crippen LogP) is 2.33. The van der Waals surface area contributed by atoms with Crippen molar-refractivity contribution in [2.75, 3.05) is 0 Å². The maximum Gasteiger partial charge on any atom is 0.354 e. The van der Waals surface area contributed by atoms with Gasteiger partial charge in [-0.25, -0.2) is 4.79 Å². The molecule has 1 rings (SSSR count). The standard InChI is InChI=1S/C13H17NO2/c1-13(2,3)16-12(15)11(14)9-10-7-5-4-6-8-10/h4-9H,14H2,1-3H3. The highest BCUT2D eigenvalue weighted by atomic mass is 16.6. The number of esters is 1. The van der Waals surface area contributed by atoms with E-state index in [4.69, 9.17) is 10.5 Å². The lowest BCUT2D eigenvalue weighted by molar-refractivity contribution is -0.149. The molecule has 0 saturated heterocycles. The van der Waals surface area contributed by atoms with E-state index in [-0.39, 0.29) is 5.70 Å². The molecule has 3 heteroatoms. The second-order valence-corrected chi connectivity index (χ2v) is 4.51. The lowest BCUT2D eigenvalue weighted by Crippen LogP contribution is -2.27. The molecule has 0 heterocycles. The number of carbonyl (C=O) groups is 1. The number of hydrogen-bond donors (Lipinski definition) is 1. The van der Waals surface area contributed by atoms with Crippen molar-refractivity contribution in [3.8, 4) is 0 Å². The molecule has 0 bridgehead atoms.